The predicted molar refractivity (Wildman–Crippen MR) is 54.6 cm³/mol. The van der Waals surface area contributed by atoms with Gasteiger partial charge < -0.3 is 5.11 Å². The number of nitrogens with zero attached hydrogens (tertiary/aromatic N) is 1. The third-order valence-corrected chi connectivity index (χ3v) is 2.72. The van der Waals surface area contributed by atoms with Crippen LogP contribution in [0.5, 0.6) is 0 Å². The van der Waals surface area contributed by atoms with Crippen LogP contribution in [0, 0.1) is 5.92 Å². The molecular formula is C10H8ClF6NO. The molecule has 0 fully saturated rings. The number of halogens is 7. The fourth-order valence-electron chi connectivity index (χ4n) is 1.53. The molecule has 1 aromatic heterocycles. The van der Waals surface area contributed by atoms with Gasteiger partial charge in [0.15, 0.2) is 5.92 Å². The lowest BCUT2D eigenvalue weighted by Crippen LogP contribution is -2.45. The standard InChI is InChI=1S/C10H8ClF6NO/c11-6-4-18-2-1-5(6)3-7(19)8(9(12,13)14)10(15,16)17/h1-2,4,7-8,19H,3H2. The molecule has 108 valence electrons. The summed E-state index contributed by atoms with van der Waals surface area (Å²) in [6.07, 6.45) is -12.5. The van der Waals surface area contributed by atoms with Crippen LogP contribution in [0.15, 0.2) is 18.5 Å². The number of aliphatic hydroxyl groups is 1. The normalized spacial score (nSPS) is 14.8. The summed E-state index contributed by atoms with van der Waals surface area (Å²) in [6.45, 7) is 0. The molecule has 1 N–H and O–H groups in total. The van der Waals surface area contributed by atoms with E-state index in [1.165, 1.54) is 0 Å². The summed E-state index contributed by atoms with van der Waals surface area (Å²) < 4.78 is 74.1. The van der Waals surface area contributed by atoms with Gasteiger partial charge in [0.2, 0.25) is 0 Å². The number of hydrogen-bond donors (Lipinski definition) is 1. The van der Waals surface area contributed by atoms with Gasteiger partial charge in [-0.05, 0) is 11.6 Å². The lowest BCUT2D eigenvalue weighted by Gasteiger charge is -2.27. The smallest absolute Gasteiger partial charge is 0.392 e. The number of aliphatic hydroxyl groups excluding tert-OH is 1. The Balaban J connectivity index is 2.97. The highest BCUT2D eigenvalue weighted by Gasteiger charge is 2.60. The highest BCUT2D eigenvalue weighted by Crippen LogP contribution is 2.42. The van der Waals surface area contributed by atoms with Gasteiger partial charge in [-0.25, -0.2) is 0 Å². The molecule has 0 saturated carbocycles. The first-order valence-corrected chi connectivity index (χ1v) is 5.31. The van der Waals surface area contributed by atoms with Gasteiger partial charge in [0.25, 0.3) is 0 Å². The van der Waals surface area contributed by atoms with E-state index >= 15 is 0 Å². The zero-order valence-electron chi connectivity index (χ0n) is 9.13. The third kappa shape index (κ3) is 4.24. The van der Waals surface area contributed by atoms with Gasteiger partial charge in [-0.2, -0.15) is 26.3 Å². The zero-order chi connectivity index (χ0) is 14.8. The fourth-order valence-corrected chi connectivity index (χ4v) is 1.73. The van der Waals surface area contributed by atoms with Gasteiger partial charge in [-0.15, -0.1) is 0 Å². The zero-order valence-corrected chi connectivity index (χ0v) is 9.89. The molecular weight excluding hydrogens is 300 g/mol. The van der Waals surface area contributed by atoms with Crippen molar-refractivity contribution in [3.8, 4) is 0 Å². The topological polar surface area (TPSA) is 33.1 Å². The van der Waals surface area contributed by atoms with Crippen LogP contribution in [0.1, 0.15) is 5.56 Å². The van der Waals surface area contributed by atoms with E-state index in [4.69, 9.17) is 11.6 Å². The Morgan fingerprint density at radius 3 is 2.11 bits per heavy atom. The van der Waals surface area contributed by atoms with Crippen molar-refractivity contribution in [1.82, 2.24) is 4.98 Å². The Hall–Kier alpha value is -1.02. The minimum atomic E-state index is -5.59. The molecule has 0 aliphatic heterocycles. The van der Waals surface area contributed by atoms with Crippen LogP contribution in [-0.4, -0.2) is 28.5 Å². The van der Waals surface area contributed by atoms with Crippen LogP contribution in [0.25, 0.3) is 0 Å². The summed E-state index contributed by atoms with van der Waals surface area (Å²) in [5, 5.41) is 9.13. The van der Waals surface area contributed by atoms with Crippen LogP contribution in [0.3, 0.4) is 0 Å². The molecule has 0 spiro atoms. The number of hydrogen-bond acceptors (Lipinski definition) is 2. The first-order chi connectivity index (χ1) is 8.53. The van der Waals surface area contributed by atoms with E-state index in [9.17, 15) is 31.4 Å². The Kier molecular flexibility index (Phi) is 4.67. The molecule has 19 heavy (non-hydrogen) atoms. The van der Waals surface area contributed by atoms with Gasteiger partial charge in [0.05, 0.1) is 11.1 Å². The molecule has 1 heterocycles. The monoisotopic (exact) mass is 307 g/mol. The van der Waals surface area contributed by atoms with Gasteiger partial charge >= 0.3 is 12.4 Å². The van der Waals surface area contributed by atoms with Crippen LogP contribution in [0.2, 0.25) is 5.02 Å². The summed E-state index contributed by atoms with van der Waals surface area (Å²) in [5.74, 6) is -3.82. The SMILES string of the molecule is OC(Cc1ccncc1Cl)C(C(F)(F)F)C(F)(F)F. The predicted octanol–water partition coefficient (Wildman–Crippen LogP) is 3.38. The first-order valence-electron chi connectivity index (χ1n) is 4.93. The molecule has 0 aliphatic rings. The lowest BCUT2D eigenvalue weighted by atomic mass is 9.95. The van der Waals surface area contributed by atoms with Crippen molar-refractivity contribution in [3.63, 3.8) is 0 Å². The van der Waals surface area contributed by atoms with Gasteiger partial charge in [0.1, 0.15) is 0 Å². The third-order valence-electron chi connectivity index (χ3n) is 2.38. The number of aromatic nitrogens is 1. The number of rotatable bonds is 3. The molecule has 1 atom stereocenters. The number of alkyl halides is 6. The van der Waals surface area contributed by atoms with Gasteiger partial charge in [-0.1, -0.05) is 11.6 Å². The van der Waals surface area contributed by atoms with Crippen LogP contribution in [-0.2, 0) is 6.42 Å². The summed E-state index contributed by atoms with van der Waals surface area (Å²) in [6, 6.07) is 1.15. The summed E-state index contributed by atoms with van der Waals surface area (Å²) in [7, 11) is 0. The van der Waals surface area contributed by atoms with E-state index in [2.05, 4.69) is 4.98 Å². The second kappa shape index (κ2) is 5.54. The minimum absolute atomic E-state index is 0.0392. The minimum Gasteiger partial charge on any atom is -0.392 e. The molecule has 2 nitrogen and oxygen atoms in total. The molecule has 0 amide bonds. The van der Waals surface area contributed by atoms with E-state index in [1.807, 2.05) is 0 Å². The van der Waals surface area contributed by atoms with E-state index in [0.717, 1.165) is 18.5 Å². The van der Waals surface area contributed by atoms with Crippen molar-refractivity contribution in [2.75, 3.05) is 0 Å². The quantitative estimate of drug-likeness (QED) is 0.869. The first kappa shape index (κ1) is 16.0. The maximum absolute atomic E-state index is 12.3. The average Bonchev–Trinajstić information content (AvgIpc) is 2.16. The van der Waals surface area contributed by atoms with Crippen molar-refractivity contribution in [2.45, 2.75) is 24.9 Å². The van der Waals surface area contributed by atoms with Crippen molar-refractivity contribution in [2.24, 2.45) is 5.92 Å². The van der Waals surface area contributed by atoms with Crippen molar-refractivity contribution < 1.29 is 31.4 Å². The van der Waals surface area contributed by atoms with Crippen molar-refractivity contribution in [1.29, 1.82) is 0 Å². The summed E-state index contributed by atoms with van der Waals surface area (Å²) >= 11 is 5.57. The molecule has 0 saturated heterocycles. The molecule has 9 heteroatoms. The fraction of sp³-hybridized carbons (Fsp3) is 0.500. The summed E-state index contributed by atoms with van der Waals surface area (Å²) in [5.41, 5.74) is -0.0392. The van der Waals surface area contributed by atoms with E-state index in [1.54, 1.807) is 0 Å². The maximum Gasteiger partial charge on any atom is 0.403 e. The second-order valence-electron chi connectivity index (χ2n) is 3.80. The van der Waals surface area contributed by atoms with E-state index in [0.29, 0.717) is 0 Å². The van der Waals surface area contributed by atoms with Crippen LogP contribution in [0.4, 0.5) is 26.3 Å². The molecule has 0 aliphatic carbocycles. The maximum atomic E-state index is 12.3. The lowest BCUT2D eigenvalue weighted by molar-refractivity contribution is -0.305. The Bertz CT molecular complexity index is 419. The molecule has 1 unspecified atom stereocenters. The second-order valence-corrected chi connectivity index (χ2v) is 4.21. The van der Waals surface area contributed by atoms with Crippen molar-refractivity contribution in [3.05, 3.63) is 29.0 Å². The van der Waals surface area contributed by atoms with Crippen LogP contribution >= 0.6 is 11.6 Å². The molecule has 1 rings (SSSR count). The largest absolute Gasteiger partial charge is 0.403 e. The highest BCUT2D eigenvalue weighted by atomic mass is 35.5. The average molecular weight is 308 g/mol. The molecule has 1 aromatic rings. The Morgan fingerprint density at radius 2 is 1.68 bits per heavy atom. The highest BCUT2D eigenvalue weighted by molar-refractivity contribution is 6.31. The van der Waals surface area contributed by atoms with E-state index in [-0.39, 0.29) is 10.6 Å². The van der Waals surface area contributed by atoms with Gasteiger partial charge in [-0.3, -0.25) is 4.98 Å². The van der Waals surface area contributed by atoms with Crippen molar-refractivity contribution >= 4 is 11.6 Å². The van der Waals surface area contributed by atoms with Crippen LogP contribution < -0.4 is 0 Å². The molecule has 0 aromatic carbocycles. The molecule has 0 bridgehead atoms. The number of pyridine rings is 1. The Labute approximate surface area is 109 Å². The Morgan fingerprint density at radius 1 is 1.16 bits per heavy atom. The van der Waals surface area contributed by atoms with Gasteiger partial charge in [0, 0.05) is 18.8 Å². The summed E-state index contributed by atoms with van der Waals surface area (Å²) in [4.78, 5) is 3.54. The van der Waals surface area contributed by atoms with E-state index < -0.39 is 30.8 Å². The molecule has 0 radical (unpaired) electrons.